The number of nitrogens with zero attached hydrogens (tertiary/aromatic N) is 5. The average molecular weight is 1850 g/mol. The number of nitrogens with two attached hydrogens (primary N) is 3. The van der Waals surface area contributed by atoms with Crippen LogP contribution in [-0.4, -0.2) is 273 Å². The molecule has 40 heteroatoms. The average Bonchev–Trinajstić information content (AvgIpc) is 1.81. The number of phenolic OH excluding ortho intramolecular Hbond substituents is 2. The molecule has 1 aromatic heterocycles. The molecule has 7 aromatic rings. The van der Waals surface area contributed by atoms with Crippen LogP contribution in [-0.2, 0) is 115 Å². The molecule has 36 nitrogen and oxygen atoms in total. The van der Waals surface area contributed by atoms with Gasteiger partial charge in [0.15, 0.2) is 17.5 Å². The van der Waals surface area contributed by atoms with Gasteiger partial charge in [0, 0.05) is 103 Å². The number of carbonyl (C=O) groups is 16. The molecule has 1 fully saturated rings. The third-order valence-electron chi connectivity index (χ3n) is 23.0. The van der Waals surface area contributed by atoms with E-state index in [0.29, 0.717) is 62.6 Å². The molecule has 18 N–H and O–H groups in total. The Morgan fingerprint density at radius 1 is 0.455 bits per heavy atom. The summed E-state index contributed by atoms with van der Waals surface area (Å²) in [5.74, 6) is -23.3. The number of fused-ring (bicyclic) bond motifs is 1. The fourth-order valence-electron chi connectivity index (χ4n) is 14.7. The Morgan fingerprint density at radius 2 is 0.894 bits per heavy atom. The monoisotopic (exact) mass is 1850 g/mol. The maximum atomic E-state index is 15.5. The van der Waals surface area contributed by atoms with Crippen LogP contribution >= 0.6 is 11.8 Å². The number of nitrogens with one attached hydrogen (secondary N) is 10. The van der Waals surface area contributed by atoms with E-state index in [1.54, 1.807) is 105 Å². The third kappa shape index (κ3) is 29.0. The number of phenols is 2. The van der Waals surface area contributed by atoms with Gasteiger partial charge in [-0.05, 0) is 128 Å². The summed E-state index contributed by atoms with van der Waals surface area (Å²) in [5, 5.41) is 44.9. The lowest BCUT2D eigenvalue weighted by Gasteiger charge is -2.36. The third-order valence-corrected chi connectivity index (χ3v) is 24.0. The van der Waals surface area contributed by atoms with Crippen molar-refractivity contribution < 1.29 is 100 Å². The molecule has 0 bridgehead atoms. The Hall–Kier alpha value is -13.9. The number of likely N-dealkylation sites (N-methyl/N-ethyl adjacent to an activating group) is 5. The molecule has 0 spiro atoms. The van der Waals surface area contributed by atoms with Crippen LogP contribution in [0.25, 0.3) is 10.9 Å². The number of primary amides is 2. The Kier molecular flexibility index (Phi) is 38.1. The fraction of sp³-hybridized carbons (Fsp3) is 0.413. The molecule has 16 amide bonds. The highest BCUT2D eigenvalue weighted by Crippen LogP contribution is 2.25. The molecule has 1 saturated heterocycles. The van der Waals surface area contributed by atoms with Gasteiger partial charge in [-0.1, -0.05) is 117 Å². The van der Waals surface area contributed by atoms with E-state index in [4.69, 9.17) is 17.2 Å². The van der Waals surface area contributed by atoms with Gasteiger partial charge in [-0.2, -0.15) is 0 Å². The molecular weight excluding hydrogens is 1730 g/mol. The zero-order chi connectivity index (χ0) is 97.1. The largest absolute Gasteiger partial charge is 0.508 e. The molecule has 1 aliphatic heterocycles. The second-order valence-electron chi connectivity index (χ2n) is 32.9. The highest BCUT2D eigenvalue weighted by Gasteiger charge is 2.43. The molecule has 8 rings (SSSR count). The van der Waals surface area contributed by atoms with Crippen molar-refractivity contribution in [1.82, 2.24) is 77.3 Å². The van der Waals surface area contributed by atoms with E-state index < -0.39 is 234 Å². The quantitative estimate of drug-likeness (QED) is 0.0418. The predicted octanol–water partition coefficient (Wildman–Crippen LogP) is 0.834. The van der Waals surface area contributed by atoms with Crippen LogP contribution in [0.15, 0.2) is 152 Å². The number of thioether (sulfide) groups is 1. The van der Waals surface area contributed by atoms with Gasteiger partial charge >= 0.3 is 0 Å². The summed E-state index contributed by atoms with van der Waals surface area (Å²) in [7, 11) is 6.13. The van der Waals surface area contributed by atoms with Crippen molar-refractivity contribution in [3.63, 3.8) is 0 Å². The Balaban J connectivity index is 1.23. The first-order valence-electron chi connectivity index (χ1n) is 42.8. The Labute approximate surface area is 765 Å². The van der Waals surface area contributed by atoms with Crippen molar-refractivity contribution in [3.05, 3.63) is 203 Å². The van der Waals surface area contributed by atoms with Crippen LogP contribution in [0.2, 0.25) is 0 Å². The van der Waals surface area contributed by atoms with Crippen LogP contribution in [0.1, 0.15) is 93.7 Å². The van der Waals surface area contributed by atoms with Crippen LogP contribution < -0.4 is 65.1 Å². The summed E-state index contributed by atoms with van der Waals surface area (Å²) in [6.45, 7) is 6.20. The van der Waals surface area contributed by atoms with Gasteiger partial charge in [0.2, 0.25) is 94.5 Å². The van der Waals surface area contributed by atoms with Gasteiger partial charge in [0.25, 0.3) is 0 Å². The maximum Gasteiger partial charge on any atom is 0.246 e. The SMILES string of the molecule is CC(C)[C@@H]1NC(=O)[C@H](CCC(N)=O)NC(=O)[C@@H](C)N(C)C(=O)[C@H](C)N(C)C(=O)[C@H](Cc2ccccc2)N(C)C(=O)[C@H](Cc2cc(F)c(F)c(F)c2)NC(=O)CSC[C@@H](C(=O)NCC(N)=O)NC(=O)[C@H](CCCN)NC(=O)[C@H](Cc2ccc(O)cc2)NC(=O)[C@H](Cc2c[nH]c3ccccc23)NC(=O)[C@@H](C)N(C)C(=O)[C@H](Cc2ccc(O)cc2)NC(=O)[C@H](Cc2ccccc2)N(C)C1=O. The van der Waals surface area contributed by atoms with E-state index in [9.17, 15) is 53.0 Å². The minimum Gasteiger partial charge on any atom is -0.508 e. The molecule has 0 radical (unpaired) electrons. The number of aromatic nitrogens is 1. The van der Waals surface area contributed by atoms with E-state index >= 15 is 47.1 Å². The number of hydrogen-bond donors (Lipinski definition) is 15. The van der Waals surface area contributed by atoms with Crippen molar-refractivity contribution in [1.29, 1.82) is 0 Å². The number of carbonyl (C=O) groups excluding carboxylic acids is 16. The summed E-state index contributed by atoms with van der Waals surface area (Å²) >= 11 is 0.652. The van der Waals surface area contributed by atoms with E-state index in [0.717, 1.165) is 31.5 Å². The second kappa shape index (κ2) is 48.6. The molecule has 708 valence electrons. The highest BCUT2D eigenvalue weighted by molar-refractivity contribution is 8.00. The van der Waals surface area contributed by atoms with Crippen LogP contribution in [0.4, 0.5) is 13.2 Å². The Bertz CT molecular complexity index is 5270. The maximum absolute atomic E-state index is 15.5. The molecule has 1 aliphatic rings. The first-order valence-corrected chi connectivity index (χ1v) is 43.9. The Morgan fingerprint density at radius 3 is 1.45 bits per heavy atom. The first-order chi connectivity index (χ1) is 62.5. The second-order valence-corrected chi connectivity index (χ2v) is 33.9. The zero-order valence-electron chi connectivity index (χ0n) is 74.9. The lowest BCUT2D eigenvalue weighted by Crippen LogP contribution is -2.62. The van der Waals surface area contributed by atoms with Crippen LogP contribution in [0, 0.1) is 23.4 Å². The molecule has 13 atom stereocenters. The number of benzene rings is 6. The number of rotatable bonds is 22. The molecule has 132 heavy (non-hydrogen) atoms. The number of para-hydroxylation sites is 1. The summed E-state index contributed by atoms with van der Waals surface area (Å²) in [4.78, 5) is 243. The topological polar surface area (TPSA) is 532 Å². The molecule has 0 unspecified atom stereocenters. The van der Waals surface area contributed by atoms with Gasteiger partial charge in [0.05, 0.1) is 12.3 Å². The van der Waals surface area contributed by atoms with E-state index in [-0.39, 0.29) is 68.6 Å². The van der Waals surface area contributed by atoms with Crippen molar-refractivity contribution in [2.45, 2.75) is 177 Å². The number of amides is 16. The molecule has 2 heterocycles. The van der Waals surface area contributed by atoms with Gasteiger partial charge in [-0.15, -0.1) is 11.8 Å². The molecule has 6 aromatic carbocycles. The smallest absolute Gasteiger partial charge is 0.246 e. The lowest BCUT2D eigenvalue weighted by molar-refractivity contribution is -0.151. The number of aromatic hydroxyl groups is 2. The standard InChI is InChI=1S/C92H115F3N18O18S/c1-50(2)79-92(131)112(9)73(43-54-20-13-11-14-21-54)87(126)106-71(41-57-29-33-61(115)34-30-57)89(128)110(7)52(4)81(120)104-69(45-59-46-99-65-25-18-17-24-62(59)65)86(125)105-68(40-56-27-31-60(114)32-28-56)85(124)103-66(26-19-37-96)83(122)107-72(82(121)100-47-76(98)117)48-132-49-77(118)101-70(42-58-38-63(93)78(95)64(94)39-58)90(129)113(10)74(44-55-22-15-12-16-23-55)91(130)111(8)53(5)88(127)109(6)51(3)80(119)102-67(84(123)108-79)35-36-75(97)116/h11-18,20-25,27-34,38-39,46,50-53,66-74,79,99,114-115H,19,26,35-37,40-45,47-49,96H2,1-10H3,(H2,97,116)(H2,98,117)(H,100,121)(H,101,118)(H,102,119)(H,103,124)(H,104,120)(H,105,125)(H,106,126)(H,107,122)(H,108,123)/t51-,52-,53+,66+,67+,68+,69+,70+,71+,72+,73+,74+,79+/m1/s1. The predicted molar refractivity (Wildman–Crippen MR) is 482 cm³/mol. The lowest BCUT2D eigenvalue weighted by atomic mass is 9.98. The van der Waals surface area contributed by atoms with Gasteiger partial charge in [0.1, 0.15) is 90.0 Å². The van der Waals surface area contributed by atoms with Crippen LogP contribution in [0.5, 0.6) is 11.5 Å². The number of H-pyrrole nitrogens is 1. The van der Waals surface area contributed by atoms with E-state index in [1.807, 2.05) is 0 Å². The summed E-state index contributed by atoms with van der Waals surface area (Å²) in [6.07, 6.45) is -1.89. The van der Waals surface area contributed by atoms with Gasteiger partial charge in [-0.25, -0.2) is 13.2 Å². The molecule has 0 aliphatic carbocycles. The normalized spacial score (nSPS) is 22.8. The van der Waals surface area contributed by atoms with E-state index in [1.165, 1.54) is 97.5 Å². The van der Waals surface area contributed by atoms with Crippen molar-refractivity contribution in [3.8, 4) is 11.5 Å². The minimum absolute atomic E-state index is 0.0252. The van der Waals surface area contributed by atoms with Gasteiger partial charge < -0.3 is 105 Å². The number of hydrogen-bond acceptors (Lipinski definition) is 20. The van der Waals surface area contributed by atoms with Crippen molar-refractivity contribution >= 4 is 117 Å². The van der Waals surface area contributed by atoms with Crippen molar-refractivity contribution in [2.75, 3.05) is 59.8 Å². The number of halogens is 3. The minimum atomic E-state index is -1.88. The summed E-state index contributed by atoms with van der Waals surface area (Å²) < 4.78 is 44.8. The molecular formula is C92H115F3N18O18S. The molecule has 0 saturated carbocycles. The highest BCUT2D eigenvalue weighted by atomic mass is 32.2. The zero-order valence-corrected chi connectivity index (χ0v) is 75.7. The fourth-order valence-corrected chi connectivity index (χ4v) is 15.6. The van der Waals surface area contributed by atoms with Crippen molar-refractivity contribution in [2.24, 2.45) is 23.1 Å². The summed E-state index contributed by atoms with van der Waals surface area (Å²) in [6, 6.07) is 14.8. The number of aromatic amines is 1. The summed E-state index contributed by atoms with van der Waals surface area (Å²) in [5.41, 5.74) is 19.4. The van der Waals surface area contributed by atoms with E-state index in [2.05, 4.69) is 52.8 Å². The van der Waals surface area contributed by atoms with Crippen LogP contribution in [0.3, 0.4) is 0 Å². The first kappa shape index (κ1) is 103. The van der Waals surface area contributed by atoms with Gasteiger partial charge in [-0.3, -0.25) is 76.7 Å².